The number of carboxylic acid groups (broad SMARTS) is 1. The van der Waals surface area contributed by atoms with Gasteiger partial charge in [-0.1, -0.05) is 22.0 Å². The fraction of sp³-hybridized carbons (Fsp3) is 0.462. The summed E-state index contributed by atoms with van der Waals surface area (Å²) >= 11 is 5.12. The highest BCUT2D eigenvalue weighted by Gasteiger charge is 2.27. The van der Waals surface area contributed by atoms with E-state index >= 15 is 0 Å². The normalized spacial score (nSPS) is 16.5. The van der Waals surface area contributed by atoms with Crippen molar-refractivity contribution >= 4 is 33.7 Å². The Morgan fingerprint density at radius 3 is 2.94 bits per heavy atom. The van der Waals surface area contributed by atoms with E-state index in [2.05, 4.69) is 27.3 Å². The van der Waals surface area contributed by atoms with Gasteiger partial charge in [-0.2, -0.15) is 0 Å². The summed E-state index contributed by atoms with van der Waals surface area (Å²) in [5.74, 6) is 0.0735. The molecule has 2 N–H and O–H groups in total. The van der Waals surface area contributed by atoms with Gasteiger partial charge in [0.1, 0.15) is 6.04 Å². The monoisotopic (exact) mass is 329 g/mol. The number of carbonyl (C=O) groups is 1. The van der Waals surface area contributed by atoms with Gasteiger partial charge < -0.3 is 10.4 Å². The van der Waals surface area contributed by atoms with Crippen LogP contribution >= 0.6 is 27.7 Å². The lowest BCUT2D eigenvalue weighted by Crippen LogP contribution is -2.38. The number of rotatable bonds is 7. The van der Waals surface area contributed by atoms with Crippen molar-refractivity contribution in [3.63, 3.8) is 0 Å². The van der Waals surface area contributed by atoms with Gasteiger partial charge in [-0.3, -0.25) is 4.79 Å². The van der Waals surface area contributed by atoms with Gasteiger partial charge in [0.15, 0.2) is 0 Å². The second kappa shape index (κ2) is 6.59. The summed E-state index contributed by atoms with van der Waals surface area (Å²) in [6, 6.07) is 8.09. The predicted octanol–water partition coefficient (Wildman–Crippen LogP) is 3.14. The SMILES string of the molecule is O=C(O)C(CCSc1cccc(Br)c1)NC1CC1. The number of hydrogen-bond donors (Lipinski definition) is 2. The Morgan fingerprint density at radius 2 is 2.33 bits per heavy atom. The first-order chi connectivity index (χ1) is 8.65. The second-order valence-electron chi connectivity index (χ2n) is 4.43. The van der Waals surface area contributed by atoms with E-state index in [1.807, 2.05) is 18.2 Å². The first kappa shape index (κ1) is 13.9. The standard InChI is InChI=1S/C13H16BrNO2S/c14-9-2-1-3-11(8-9)18-7-6-12(13(16)17)15-10-4-5-10/h1-3,8,10,12,15H,4-7H2,(H,16,17). The summed E-state index contributed by atoms with van der Waals surface area (Å²) in [6.07, 6.45) is 2.88. The van der Waals surface area contributed by atoms with E-state index in [1.165, 1.54) is 4.90 Å². The maximum absolute atomic E-state index is 11.1. The highest BCUT2D eigenvalue weighted by Crippen LogP contribution is 2.24. The number of hydrogen-bond acceptors (Lipinski definition) is 3. The Hall–Kier alpha value is -0.520. The summed E-state index contributed by atoms with van der Waals surface area (Å²) in [7, 11) is 0. The van der Waals surface area contributed by atoms with Crippen molar-refractivity contribution in [1.82, 2.24) is 5.32 Å². The van der Waals surface area contributed by atoms with Crippen LogP contribution in [0.3, 0.4) is 0 Å². The molecule has 1 saturated carbocycles. The Bertz CT molecular complexity index is 423. The van der Waals surface area contributed by atoms with Crippen molar-refractivity contribution < 1.29 is 9.90 Å². The van der Waals surface area contributed by atoms with E-state index in [0.29, 0.717) is 12.5 Å². The Morgan fingerprint density at radius 1 is 1.56 bits per heavy atom. The topological polar surface area (TPSA) is 49.3 Å². The van der Waals surface area contributed by atoms with Crippen LogP contribution in [0.2, 0.25) is 0 Å². The van der Waals surface area contributed by atoms with Gasteiger partial charge in [0.25, 0.3) is 0 Å². The van der Waals surface area contributed by atoms with E-state index in [0.717, 1.165) is 23.1 Å². The summed E-state index contributed by atoms with van der Waals surface area (Å²) in [5, 5.41) is 12.3. The number of benzene rings is 1. The molecular formula is C13H16BrNO2S. The van der Waals surface area contributed by atoms with Gasteiger partial charge in [0, 0.05) is 21.2 Å². The minimum absolute atomic E-state index is 0.405. The van der Waals surface area contributed by atoms with Crippen LogP contribution in [0.15, 0.2) is 33.6 Å². The van der Waals surface area contributed by atoms with Crippen LogP contribution in [-0.4, -0.2) is 28.9 Å². The average molecular weight is 330 g/mol. The van der Waals surface area contributed by atoms with Crippen molar-refractivity contribution in [2.45, 2.75) is 36.2 Å². The lowest BCUT2D eigenvalue weighted by atomic mass is 10.2. The molecule has 1 aliphatic rings. The van der Waals surface area contributed by atoms with Crippen molar-refractivity contribution in [1.29, 1.82) is 0 Å². The molecule has 1 aliphatic carbocycles. The quantitative estimate of drug-likeness (QED) is 0.754. The molecule has 0 radical (unpaired) electrons. The number of aliphatic carboxylic acids is 1. The van der Waals surface area contributed by atoms with Crippen molar-refractivity contribution in [3.8, 4) is 0 Å². The first-order valence-electron chi connectivity index (χ1n) is 6.02. The minimum atomic E-state index is -0.739. The third-order valence-electron chi connectivity index (χ3n) is 2.78. The van der Waals surface area contributed by atoms with Crippen LogP contribution in [0.4, 0.5) is 0 Å². The molecular weight excluding hydrogens is 314 g/mol. The van der Waals surface area contributed by atoms with Crippen LogP contribution < -0.4 is 5.32 Å². The van der Waals surface area contributed by atoms with Crippen LogP contribution in [0.5, 0.6) is 0 Å². The van der Waals surface area contributed by atoms with Gasteiger partial charge >= 0.3 is 5.97 Å². The molecule has 1 unspecified atom stereocenters. The number of nitrogens with one attached hydrogen (secondary N) is 1. The number of thioether (sulfide) groups is 1. The zero-order valence-electron chi connectivity index (χ0n) is 9.93. The smallest absolute Gasteiger partial charge is 0.320 e. The molecule has 1 atom stereocenters. The van der Waals surface area contributed by atoms with Crippen molar-refractivity contribution in [3.05, 3.63) is 28.7 Å². The lowest BCUT2D eigenvalue weighted by molar-refractivity contribution is -0.139. The van der Waals surface area contributed by atoms with Gasteiger partial charge in [0.05, 0.1) is 0 Å². The second-order valence-corrected chi connectivity index (χ2v) is 6.51. The van der Waals surface area contributed by atoms with E-state index in [-0.39, 0.29) is 0 Å². The van der Waals surface area contributed by atoms with Crippen LogP contribution in [0.25, 0.3) is 0 Å². The number of halogens is 1. The molecule has 98 valence electrons. The lowest BCUT2D eigenvalue weighted by Gasteiger charge is -2.13. The predicted molar refractivity (Wildman–Crippen MR) is 77.1 cm³/mol. The largest absolute Gasteiger partial charge is 0.480 e. The summed E-state index contributed by atoms with van der Waals surface area (Å²) in [6.45, 7) is 0. The number of carboxylic acids is 1. The van der Waals surface area contributed by atoms with Crippen molar-refractivity contribution in [2.75, 3.05) is 5.75 Å². The molecule has 1 aromatic rings. The van der Waals surface area contributed by atoms with Crippen molar-refractivity contribution in [2.24, 2.45) is 0 Å². The fourth-order valence-corrected chi connectivity index (χ4v) is 3.19. The molecule has 1 fully saturated rings. The Kier molecular flexibility index (Phi) is 5.09. The molecule has 3 nitrogen and oxygen atoms in total. The van der Waals surface area contributed by atoms with Gasteiger partial charge in [-0.25, -0.2) is 0 Å². The minimum Gasteiger partial charge on any atom is -0.480 e. The Labute approximate surface area is 119 Å². The summed E-state index contributed by atoms with van der Waals surface area (Å²) in [5.41, 5.74) is 0. The molecule has 0 amide bonds. The third kappa shape index (κ3) is 4.63. The Balaban J connectivity index is 1.77. The molecule has 1 aromatic carbocycles. The molecule has 18 heavy (non-hydrogen) atoms. The molecule has 5 heteroatoms. The van der Waals surface area contributed by atoms with Crippen LogP contribution in [-0.2, 0) is 4.79 Å². The highest BCUT2D eigenvalue weighted by atomic mass is 79.9. The summed E-state index contributed by atoms with van der Waals surface area (Å²) in [4.78, 5) is 12.2. The van der Waals surface area contributed by atoms with Crippen LogP contribution in [0.1, 0.15) is 19.3 Å². The molecule has 0 aliphatic heterocycles. The van der Waals surface area contributed by atoms with Gasteiger partial charge in [0.2, 0.25) is 0 Å². The zero-order chi connectivity index (χ0) is 13.0. The molecule has 0 heterocycles. The third-order valence-corrected chi connectivity index (χ3v) is 4.30. The van der Waals surface area contributed by atoms with E-state index < -0.39 is 12.0 Å². The molecule has 0 saturated heterocycles. The highest BCUT2D eigenvalue weighted by molar-refractivity contribution is 9.10. The van der Waals surface area contributed by atoms with Crippen LogP contribution in [0, 0.1) is 0 Å². The molecule has 0 bridgehead atoms. The molecule has 2 rings (SSSR count). The van der Waals surface area contributed by atoms with Gasteiger partial charge in [-0.05, 0) is 37.5 Å². The maximum atomic E-state index is 11.1. The maximum Gasteiger partial charge on any atom is 0.320 e. The van der Waals surface area contributed by atoms with E-state index in [4.69, 9.17) is 5.11 Å². The first-order valence-corrected chi connectivity index (χ1v) is 7.80. The molecule has 0 aromatic heterocycles. The average Bonchev–Trinajstić information content (AvgIpc) is 3.11. The van der Waals surface area contributed by atoms with E-state index in [9.17, 15) is 4.79 Å². The van der Waals surface area contributed by atoms with Gasteiger partial charge in [-0.15, -0.1) is 11.8 Å². The molecule has 0 spiro atoms. The fourth-order valence-electron chi connectivity index (χ4n) is 1.66. The zero-order valence-corrected chi connectivity index (χ0v) is 12.3. The summed E-state index contributed by atoms with van der Waals surface area (Å²) < 4.78 is 1.05. The van der Waals surface area contributed by atoms with E-state index in [1.54, 1.807) is 11.8 Å².